The van der Waals surface area contributed by atoms with E-state index in [0.29, 0.717) is 13.0 Å². The van der Waals surface area contributed by atoms with E-state index in [1.54, 1.807) is 12.1 Å². The van der Waals surface area contributed by atoms with Gasteiger partial charge in [0.15, 0.2) is 11.6 Å². The Bertz CT molecular complexity index is 1040. The van der Waals surface area contributed by atoms with E-state index in [4.69, 9.17) is 9.88 Å². The minimum atomic E-state index is -3.74. The summed E-state index contributed by atoms with van der Waals surface area (Å²) in [6.45, 7) is 0.392. The van der Waals surface area contributed by atoms with Gasteiger partial charge in [-0.15, -0.1) is 0 Å². The highest BCUT2D eigenvalue weighted by molar-refractivity contribution is 7.89. The van der Waals surface area contributed by atoms with Crippen molar-refractivity contribution in [3.63, 3.8) is 0 Å². The van der Waals surface area contributed by atoms with Crippen LogP contribution in [0.1, 0.15) is 12.0 Å². The van der Waals surface area contributed by atoms with Crippen LogP contribution in [0.15, 0.2) is 47.4 Å². The molecule has 0 aromatic heterocycles. The second-order valence-electron chi connectivity index (χ2n) is 6.54. The van der Waals surface area contributed by atoms with Gasteiger partial charge in [0.2, 0.25) is 15.9 Å². The van der Waals surface area contributed by atoms with Crippen molar-refractivity contribution in [2.45, 2.75) is 23.8 Å². The van der Waals surface area contributed by atoms with Crippen molar-refractivity contribution < 1.29 is 27.1 Å². The lowest BCUT2D eigenvalue weighted by Crippen LogP contribution is -2.39. The molecule has 1 heterocycles. The molecule has 1 atom stereocenters. The van der Waals surface area contributed by atoms with Crippen molar-refractivity contribution in [1.29, 1.82) is 0 Å². The highest BCUT2D eigenvalue weighted by Crippen LogP contribution is 2.27. The lowest BCUT2D eigenvalue weighted by molar-refractivity contribution is -0.121. The van der Waals surface area contributed by atoms with Gasteiger partial charge in [-0.05, 0) is 42.8 Å². The zero-order chi connectivity index (χ0) is 21.2. The fourth-order valence-electron chi connectivity index (χ4n) is 3.09. The standard InChI is InChI=1S/C19H20FN3O5S/c1-28-17-7-4-13(10-15(17)20)23-18(24)11-16(19(23)25)22-9-8-12-2-5-14(6-3-12)29(21,26)27/h2-7,10,16,22H,8-9,11H2,1H3,(H2,21,26,27)/t16-/m0/s1. The van der Waals surface area contributed by atoms with Crippen LogP contribution in [0.25, 0.3) is 0 Å². The zero-order valence-corrected chi connectivity index (χ0v) is 16.4. The van der Waals surface area contributed by atoms with Gasteiger partial charge < -0.3 is 10.1 Å². The van der Waals surface area contributed by atoms with Crippen LogP contribution in [-0.2, 0) is 26.0 Å². The molecule has 0 saturated carbocycles. The molecule has 0 radical (unpaired) electrons. The molecule has 154 valence electrons. The maximum Gasteiger partial charge on any atom is 0.251 e. The number of nitrogens with zero attached hydrogens (tertiary/aromatic N) is 1. The van der Waals surface area contributed by atoms with Crippen LogP contribution >= 0.6 is 0 Å². The lowest BCUT2D eigenvalue weighted by Gasteiger charge is -2.16. The molecule has 0 unspecified atom stereocenters. The number of hydrogen-bond acceptors (Lipinski definition) is 6. The number of primary sulfonamides is 1. The van der Waals surface area contributed by atoms with Gasteiger partial charge in [0.25, 0.3) is 5.91 Å². The Kier molecular flexibility index (Phi) is 5.96. The van der Waals surface area contributed by atoms with E-state index in [1.807, 2.05) is 0 Å². The maximum absolute atomic E-state index is 13.9. The predicted molar refractivity (Wildman–Crippen MR) is 103 cm³/mol. The van der Waals surface area contributed by atoms with Gasteiger partial charge in [-0.2, -0.15) is 0 Å². The molecule has 3 N–H and O–H groups in total. The van der Waals surface area contributed by atoms with Crippen LogP contribution < -0.4 is 20.1 Å². The van der Waals surface area contributed by atoms with E-state index < -0.39 is 33.7 Å². The number of imide groups is 1. The lowest BCUT2D eigenvalue weighted by atomic mass is 10.1. The first-order valence-corrected chi connectivity index (χ1v) is 10.3. The Morgan fingerprint density at radius 3 is 2.48 bits per heavy atom. The van der Waals surface area contributed by atoms with Crippen LogP contribution in [0.3, 0.4) is 0 Å². The molecular formula is C19H20FN3O5S. The number of sulfonamides is 1. The number of nitrogens with one attached hydrogen (secondary N) is 1. The molecule has 1 saturated heterocycles. The third-order valence-electron chi connectivity index (χ3n) is 4.60. The van der Waals surface area contributed by atoms with E-state index in [1.165, 1.54) is 31.4 Å². The second-order valence-corrected chi connectivity index (χ2v) is 8.10. The molecule has 1 aliphatic heterocycles. The summed E-state index contributed by atoms with van der Waals surface area (Å²) in [5.41, 5.74) is 0.997. The topological polar surface area (TPSA) is 119 Å². The fourth-order valence-corrected chi connectivity index (χ4v) is 3.61. The summed E-state index contributed by atoms with van der Waals surface area (Å²) < 4.78 is 41.3. The predicted octanol–water partition coefficient (Wildman–Crippen LogP) is 0.946. The van der Waals surface area contributed by atoms with Crippen molar-refractivity contribution >= 4 is 27.5 Å². The molecule has 1 aliphatic rings. The van der Waals surface area contributed by atoms with Crippen molar-refractivity contribution in [2.75, 3.05) is 18.6 Å². The van der Waals surface area contributed by atoms with Gasteiger partial charge in [0, 0.05) is 6.07 Å². The van der Waals surface area contributed by atoms with Crippen LogP contribution in [0.5, 0.6) is 5.75 Å². The molecule has 2 aromatic rings. The molecule has 0 bridgehead atoms. The number of ether oxygens (including phenoxy) is 1. The molecule has 10 heteroatoms. The van der Waals surface area contributed by atoms with Gasteiger partial charge in [0.1, 0.15) is 0 Å². The Hall–Kier alpha value is -2.82. The zero-order valence-electron chi connectivity index (χ0n) is 15.6. The van der Waals surface area contributed by atoms with Crippen molar-refractivity contribution in [1.82, 2.24) is 5.32 Å². The van der Waals surface area contributed by atoms with E-state index in [2.05, 4.69) is 5.32 Å². The number of halogens is 1. The first-order chi connectivity index (χ1) is 13.7. The molecular weight excluding hydrogens is 401 g/mol. The molecule has 29 heavy (non-hydrogen) atoms. The number of benzene rings is 2. The van der Waals surface area contributed by atoms with E-state index >= 15 is 0 Å². The third kappa shape index (κ3) is 4.61. The van der Waals surface area contributed by atoms with Gasteiger partial charge in [0.05, 0.1) is 30.2 Å². The molecule has 0 spiro atoms. The summed E-state index contributed by atoms with van der Waals surface area (Å²) in [4.78, 5) is 25.8. The highest BCUT2D eigenvalue weighted by Gasteiger charge is 2.39. The van der Waals surface area contributed by atoms with Crippen LogP contribution in [0.2, 0.25) is 0 Å². The van der Waals surface area contributed by atoms with Gasteiger partial charge in [-0.25, -0.2) is 22.8 Å². The first-order valence-electron chi connectivity index (χ1n) is 8.76. The van der Waals surface area contributed by atoms with Gasteiger partial charge in [-0.3, -0.25) is 9.59 Å². The SMILES string of the molecule is COc1ccc(N2C(=O)C[C@H](NCCc3ccc(S(N)(=O)=O)cc3)C2=O)cc1F. The number of carbonyl (C=O) groups excluding carboxylic acids is 2. The van der Waals surface area contributed by atoms with Gasteiger partial charge in [-0.1, -0.05) is 12.1 Å². The number of amides is 2. The maximum atomic E-state index is 13.9. The largest absolute Gasteiger partial charge is 0.494 e. The molecule has 2 aromatic carbocycles. The molecule has 0 aliphatic carbocycles. The number of rotatable bonds is 7. The summed E-state index contributed by atoms with van der Waals surface area (Å²) in [5, 5.41) is 8.08. The second kappa shape index (κ2) is 8.27. The minimum Gasteiger partial charge on any atom is -0.494 e. The van der Waals surface area contributed by atoms with E-state index in [0.717, 1.165) is 16.5 Å². The average molecular weight is 421 g/mol. The van der Waals surface area contributed by atoms with Gasteiger partial charge >= 0.3 is 0 Å². The Balaban J connectivity index is 1.61. The minimum absolute atomic E-state index is 0.0214. The van der Waals surface area contributed by atoms with Crippen molar-refractivity contribution in [3.05, 3.63) is 53.8 Å². The summed E-state index contributed by atoms with van der Waals surface area (Å²) in [6.07, 6.45) is 0.483. The normalized spacial score (nSPS) is 17.1. The van der Waals surface area contributed by atoms with Crippen LogP contribution in [0.4, 0.5) is 10.1 Å². The Labute approximate surface area is 167 Å². The fraction of sp³-hybridized carbons (Fsp3) is 0.263. The van der Waals surface area contributed by atoms with Crippen molar-refractivity contribution in [2.24, 2.45) is 5.14 Å². The molecule has 2 amide bonds. The third-order valence-corrected chi connectivity index (χ3v) is 5.53. The number of methoxy groups -OCH3 is 1. The Morgan fingerprint density at radius 1 is 1.21 bits per heavy atom. The van der Waals surface area contributed by atoms with Crippen molar-refractivity contribution in [3.8, 4) is 5.75 Å². The summed E-state index contributed by atoms with van der Waals surface area (Å²) >= 11 is 0. The van der Waals surface area contributed by atoms with Crippen LogP contribution in [-0.4, -0.2) is 39.9 Å². The number of hydrogen-bond donors (Lipinski definition) is 2. The number of anilines is 1. The molecule has 1 fully saturated rings. The Morgan fingerprint density at radius 2 is 1.90 bits per heavy atom. The smallest absolute Gasteiger partial charge is 0.251 e. The summed E-state index contributed by atoms with van der Waals surface area (Å²) in [5.74, 6) is -1.51. The number of nitrogens with two attached hydrogens (primary N) is 1. The monoisotopic (exact) mass is 421 g/mol. The first kappa shape index (κ1) is 20.9. The quantitative estimate of drug-likeness (QED) is 0.643. The highest BCUT2D eigenvalue weighted by atomic mass is 32.2. The van der Waals surface area contributed by atoms with E-state index in [9.17, 15) is 22.4 Å². The number of carbonyl (C=O) groups is 2. The summed E-state index contributed by atoms with van der Waals surface area (Å²) in [6, 6.07) is 9.28. The molecule has 3 rings (SSSR count). The van der Waals surface area contributed by atoms with Crippen LogP contribution in [0, 0.1) is 5.82 Å². The average Bonchev–Trinajstić information content (AvgIpc) is 2.95. The van der Waals surface area contributed by atoms with E-state index in [-0.39, 0.29) is 22.8 Å². The molecule has 8 nitrogen and oxygen atoms in total. The summed E-state index contributed by atoms with van der Waals surface area (Å²) in [7, 11) is -2.42.